The zero-order valence-electron chi connectivity index (χ0n) is 16.8. The average molecular weight is 416 g/mol. The molecule has 1 N–H and O–H groups in total. The first kappa shape index (κ1) is 21.0. The van der Waals surface area contributed by atoms with Crippen molar-refractivity contribution in [2.75, 3.05) is 25.5 Å². The van der Waals surface area contributed by atoms with Crippen molar-refractivity contribution in [3.63, 3.8) is 0 Å². The first-order chi connectivity index (χ1) is 13.7. The molecule has 1 atom stereocenters. The first-order valence-corrected chi connectivity index (χ1v) is 10.8. The number of nitrogens with zero attached hydrogens (tertiary/aromatic N) is 2. The van der Waals surface area contributed by atoms with Crippen LogP contribution in [0, 0.1) is 12.8 Å². The zero-order valence-corrected chi connectivity index (χ0v) is 17.6. The SMILES string of the molecule is Cc1ccccc1N1CC(C(=O)NCc2ccc(S(=O)(=O)N(C)C)cc2)CC1=O. The van der Waals surface area contributed by atoms with E-state index in [4.69, 9.17) is 0 Å². The summed E-state index contributed by atoms with van der Waals surface area (Å²) in [6.45, 7) is 2.57. The molecule has 29 heavy (non-hydrogen) atoms. The Morgan fingerprint density at radius 2 is 1.79 bits per heavy atom. The van der Waals surface area contributed by atoms with E-state index in [1.54, 1.807) is 17.0 Å². The Morgan fingerprint density at radius 1 is 1.14 bits per heavy atom. The number of sulfonamides is 1. The van der Waals surface area contributed by atoms with Crippen LogP contribution < -0.4 is 10.2 Å². The number of benzene rings is 2. The maximum Gasteiger partial charge on any atom is 0.242 e. The van der Waals surface area contributed by atoms with E-state index in [1.165, 1.54) is 26.2 Å². The summed E-state index contributed by atoms with van der Waals surface area (Å²) in [5.41, 5.74) is 2.62. The number of aryl methyl sites for hydroxylation is 1. The van der Waals surface area contributed by atoms with Crippen LogP contribution in [0.25, 0.3) is 0 Å². The van der Waals surface area contributed by atoms with Crippen LogP contribution in [0.2, 0.25) is 0 Å². The lowest BCUT2D eigenvalue weighted by atomic mass is 10.1. The van der Waals surface area contributed by atoms with Gasteiger partial charge in [-0.25, -0.2) is 12.7 Å². The Hall–Kier alpha value is -2.71. The number of anilines is 1. The van der Waals surface area contributed by atoms with Gasteiger partial charge >= 0.3 is 0 Å². The molecule has 0 bridgehead atoms. The van der Waals surface area contributed by atoms with Gasteiger partial charge in [-0.3, -0.25) is 9.59 Å². The topological polar surface area (TPSA) is 86.8 Å². The molecular formula is C21H25N3O4S. The van der Waals surface area contributed by atoms with Crippen molar-refractivity contribution in [1.82, 2.24) is 9.62 Å². The molecule has 1 heterocycles. The Kier molecular flexibility index (Phi) is 6.04. The number of amides is 2. The molecule has 1 saturated heterocycles. The van der Waals surface area contributed by atoms with Crippen LogP contribution in [0.3, 0.4) is 0 Å². The minimum absolute atomic E-state index is 0.0577. The van der Waals surface area contributed by atoms with E-state index < -0.39 is 15.9 Å². The summed E-state index contributed by atoms with van der Waals surface area (Å²) in [5, 5.41) is 2.85. The summed E-state index contributed by atoms with van der Waals surface area (Å²) < 4.78 is 25.4. The molecule has 7 nitrogen and oxygen atoms in total. The van der Waals surface area contributed by atoms with Crippen molar-refractivity contribution in [1.29, 1.82) is 0 Å². The Morgan fingerprint density at radius 3 is 2.41 bits per heavy atom. The van der Waals surface area contributed by atoms with Crippen LogP contribution in [0.4, 0.5) is 5.69 Å². The van der Waals surface area contributed by atoms with Gasteiger partial charge in [0.15, 0.2) is 0 Å². The number of carbonyl (C=O) groups is 2. The highest BCUT2D eigenvalue weighted by Crippen LogP contribution is 2.27. The number of rotatable bonds is 6. The van der Waals surface area contributed by atoms with Gasteiger partial charge in [-0.1, -0.05) is 30.3 Å². The quantitative estimate of drug-likeness (QED) is 0.781. The van der Waals surface area contributed by atoms with Gasteiger partial charge in [0.05, 0.1) is 10.8 Å². The Bertz CT molecular complexity index is 1020. The standard InChI is InChI=1S/C21H25N3O4S/c1-15-6-4-5-7-19(15)24-14-17(12-20(24)25)21(26)22-13-16-8-10-18(11-9-16)29(27,28)23(2)3/h4-11,17H,12-14H2,1-3H3,(H,22,26). The van der Waals surface area contributed by atoms with Gasteiger partial charge in [-0.05, 0) is 36.2 Å². The number of hydrogen-bond acceptors (Lipinski definition) is 4. The maximum atomic E-state index is 12.5. The molecule has 1 aliphatic heterocycles. The minimum Gasteiger partial charge on any atom is -0.352 e. The highest BCUT2D eigenvalue weighted by molar-refractivity contribution is 7.89. The Labute approximate surface area is 171 Å². The molecule has 0 aromatic heterocycles. The van der Waals surface area contributed by atoms with E-state index in [2.05, 4.69) is 5.32 Å². The van der Waals surface area contributed by atoms with E-state index in [0.717, 1.165) is 21.1 Å². The molecule has 0 spiro atoms. The Balaban J connectivity index is 1.60. The summed E-state index contributed by atoms with van der Waals surface area (Å²) in [7, 11) is -0.520. The fraction of sp³-hybridized carbons (Fsp3) is 0.333. The molecular weight excluding hydrogens is 390 g/mol. The highest BCUT2D eigenvalue weighted by Gasteiger charge is 2.35. The third kappa shape index (κ3) is 4.49. The van der Waals surface area contributed by atoms with E-state index in [0.29, 0.717) is 6.54 Å². The van der Waals surface area contributed by atoms with E-state index in [9.17, 15) is 18.0 Å². The molecule has 0 aliphatic carbocycles. The van der Waals surface area contributed by atoms with Crippen LogP contribution in [-0.4, -0.2) is 45.2 Å². The molecule has 2 aromatic rings. The smallest absolute Gasteiger partial charge is 0.242 e. The van der Waals surface area contributed by atoms with Crippen molar-refractivity contribution < 1.29 is 18.0 Å². The lowest BCUT2D eigenvalue weighted by Gasteiger charge is -2.19. The number of para-hydroxylation sites is 1. The molecule has 2 amide bonds. The average Bonchev–Trinajstić information content (AvgIpc) is 3.08. The molecule has 3 rings (SSSR count). The van der Waals surface area contributed by atoms with Crippen LogP contribution in [-0.2, 0) is 26.2 Å². The van der Waals surface area contributed by atoms with Crippen molar-refractivity contribution in [3.05, 3.63) is 59.7 Å². The molecule has 1 unspecified atom stereocenters. The lowest BCUT2D eigenvalue weighted by molar-refractivity contribution is -0.126. The first-order valence-electron chi connectivity index (χ1n) is 9.35. The van der Waals surface area contributed by atoms with Crippen molar-refractivity contribution >= 4 is 27.5 Å². The number of nitrogens with one attached hydrogen (secondary N) is 1. The summed E-state index contributed by atoms with van der Waals surface area (Å²) in [4.78, 5) is 26.8. The van der Waals surface area contributed by atoms with Crippen LogP contribution in [0.15, 0.2) is 53.4 Å². The second kappa shape index (κ2) is 8.34. The van der Waals surface area contributed by atoms with E-state index >= 15 is 0 Å². The third-order valence-corrected chi connectivity index (χ3v) is 6.90. The van der Waals surface area contributed by atoms with Crippen LogP contribution in [0.5, 0.6) is 0 Å². The maximum absolute atomic E-state index is 12.5. The molecule has 2 aromatic carbocycles. The third-order valence-electron chi connectivity index (χ3n) is 5.07. The predicted octanol–water partition coefficient (Wildman–Crippen LogP) is 1.91. The fourth-order valence-corrected chi connectivity index (χ4v) is 4.21. The van der Waals surface area contributed by atoms with Crippen molar-refractivity contribution in [3.8, 4) is 0 Å². The lowest BCUT2D eigenvalue weighted by Crippen LogP contribution is -2.32. The van der Waals surface area contributed by atoms with Gasteiger partial charge in [-0.2, -0.15) is 0 Å². The van der Waals surface area contributed by atoms with Crippen molar-refractivity contribution in [2.24, 2.45) is 5.92 Å². The van der Waals surface area contributed by atoms with Gasteiger partial charge in [0.2, 0.25) is 21.8 Å². The molecule has 1 fully saturated rings. The minimum atomic E-state index is -3.48. The van der Waals surface area contributed by atoms with Crippen molar-refractivity contribution in [2.45, 2.75) is 24.8 Å². The number of hydrogen-bond donors (Lipinski definition) is 1. The van der Waals surface area contributed by atoms with Gasteiger partial charge in [0, 0.05) is 39.3 Å². The molecule has 0 radical (unpaired) electrons. The predicted molar refractivity (Wildman–Crippen MR) is 111 cm³/mol. The highest BCUT2D eigenvalue weighted by atomic mass is 32.2. The summed E-state index contributed by atoms with van der Waals surface area (Å²) in [6, 6.07) is 14.0. The zero-order chi connectivity index (χ0) is 21.2. The molecule has 1 aliphatic rings. The molecule has 8 heteroatoms. The largest absolute Gasteiger partial charge is 0.352 e. The summed E-state index contributed by atoms with van der Waals surface area (Å²) >= 11 is 0. The summed E-state index contributed by atoms with van der Waals surface area (Å²) in [6.07, 6.45) is 0.181. The van der Waals surface area contributed by atoms with E-state index in [-0.39, 0.29) is 29.7 Å². The normalized spacial score (nSPS) is 17.0. The van der Waals surface area contributed by atoms with Gasteiger partial charge in [0.1, 0.15) is 0 Å². The number of carbonyl (C=O) groups excluding carboxylic acids is 2. The molecule has 0 saturated carbocycles. The summed E-state index contributed by atoms with van der Waals surface area (Å²) in [5.74, 6) is -0.646. The van der Waals surface area contributed by atoms with Gasteiger partial charge < -0.3 is 10.2 Å². The fourth-order valence-electron chi connectivity index (χ4n) is 3.31. The van der Waals surface area contributed by atoms with Crippen LogP contribution in [0.1, 0.15) is 17.5 Å². The second-order valence-corrected chi connectivity index (χ2v) is 9.49. The van der Waals surface area contributed by atoms with E-state index in [1.807, 2.05) is 31.2 Å². The van der Waals surface area contributed by atoms with Gasteiger partial charge in [0.25, 0.3) is 0 Å². The monoisotopic (exact) mass is 415 g/mol. The second-order valence-electron chi connectivity index (χ2n) is 7.34. The van der Waals surface area contributed by atoms with Gasteiger partial charge in [-0.15, -0.1) is 0 Å². The van der Waals surface area contributed by atoms with Crippen LogP contribution >= 0.6 is 0 Å². The molecule has 154 valence electrons.